The minimum atomic E-state index is -1.02. The average Bonchev–Trinajstić information content (AvgIpc) is 3.15. The van der Waals surface area contributed by atoms with Crippen molar-refractivity contribution in [3.8, 4) is 0 Å². The number of aliphatic carboxylic acids is 1. The second-order valence-corrected chi connectivity index (χ2v) is 8.83. The summed E-state index contributed by atoms with van der Waals surface area (Å²) in [4.78, 5) is 58.6. The molecule has 12 heteroatoms. The molecule has 37 heavy (non-hydrogen) atoms. The topological polar surface area (TPSA) is 161 Å². The number of carboxylic acids is 1. The van der Waals surface area contributed by atoms with E-state index in [4.69, 9.17) is 9.84 Å². The lowest BCUT2D eigenvalue weighted by atomic mass is 10.1. The molecule has 0 spiro atoms. The standard InChI is InChI=1S/C15H21N3O4.C10H14N2O3/c1-8-5-6-11(16-4)15(21)18(8)9(2)14(20)17-12-7-13(19)22-10(12)3;1-6-4-5-8(11-3)9(13)12(6)7(2)10(14)15/h5-6,9-10,12,16H,7H2,1-4H3,(H,17,20);4-5,7,11H,1-3H3,(H,14,15)/t9?,10?,12-;/m0./s1. The summed E-state index contributed by atoms with van der Waals surface area (Å²) >= 11 is 0. The van der Waals surface area contributed by atoms with E-state index in [1.165, 1.54) is 16.1 Å². The molecule has 0 saturated carbocycles. The maximum atomic E-state index is 12.4. The fourth-order valence-electron chi connectivity index (χ4n) is 4.02. The van der Waals surface area contributed by atoms with Gasteiger partial charge in [0.15, 0.2) is 0 Å². The zero-order chi connectivity index (χ0) is 28.0. The summed E-state index contributed by atoms with van der Waals surface area (Å²) in [7, 11) is 3.28. The number of carbonyl (C=O) groups is 3. The Labute approximate surface area is 214 Å². The molecule has 3 unspecified atom stereocenters. The van der Waals surface area contributed by atoms with Crippen LogP contribution in [0.1, 0.15) is 50.7 Å². The van der Waals surface area contributed by atoms with Gasteiger partial charge in [-0.2, -0.15) is 0 Å². The SMILES string of the molecule is CNc1ccc(C)n(C(C)C(=O)N[C@H]2CC(=O)OC2C)c1=O.CNc1ccc(C)n(C(C)C(=O)O)c1=O. The highest BCUT2D eigenvalue weighted by Crippen LogP contribution is 2.16. The fraction of sp³-hybridized carbons (Fsp3) is 0.480. The number of esters is 1. The number of amides is 1. The molecule has 3 heterocycles. The summed E-state index contributed by atoms with van der Waals surface area (Å²) in [6.45, 7) is 8.36. The summed E-state index contributed by atoms with van der Waals surface area (Å²) in [5.74, 6) is -1.65. The van der Waals surface area contributed by atoms with Gasteiger partial charge < -0.3 is 25.8 Å². The Bertz CT molecular complexity index is 1280. The van der Waals surface area contributed by atoms with Gasteiger partial charge in [-0.25, -0.2) is 4.79 Å². The third-order valence-corrected chi connectivity index (χ3v) is 6.29. The molecule has 0 radical (unpaired) electrons. The molecule has 1 fully saturated rings. The third-order valence-electron chi connectivity index (χ3n) is 6.29. The average molecular weight is 518 g/mol. The van der Waals surface area contributed by atoms with Crippen molar-refractivity contribution in [2.75, 3.05) is 24.7 Å². The molecule has 1 saturated heterocycles. The molecule has 1 amide bonds. The van der Waals surface area contributed by atoms with Crippen molar-refractivity contribution < 1.29 is 24.2 Å². The van der Waals surface area contributed by atoms with E-state index in [9.17, 15) is 24.0 Å². The molecule has 0 aromatic carbocycles. The number of ether oxygens (including phenoxy) is 1. The van der Waals surface area contributed by atoms with Gasteiger partial charge in [-0.15, -0.1) is 0 Å². The van der Waals surface area contributed by atoms with Gasteiger partial charge in [0.05, 0.1) is 12.5 Å². The van der Waals surface area contributed by atoms with Crippen molar-refractivity contribution in [1.29, 1.82) is 0 Å². The van der Waals surface area contributed by atoms with Gasteiger partial charge in [-0.3, -0.25) is 28.3 Å². The Hall–Kier alpha value is -4.09. The number of aromatic nitrogens is 2. The van der Waals surface area contributed by atoms with Crippen molar-refractivity contribution in [2.24, 2.45) is 0 Å². The second-order valence-electron chi connectivity index (χ2n) is 8.83. The number of cyclic esters (lactones) is 1. The molecule has 202 valence electrons. The van der Waals surface area contributed by atoms with Crippen molar-refractivity contribution in [3.63, 3.8) is 0 Å². The van der Waals surface area contributed by atoms with E-state index < -0.39 is 18.1 Å². The molecule has 4 atom stereocenters. The molecule has 3 rings (SSSR count). The third kappa shape index (κ3) is 6.57. The Kier molecular flexibility index (Phi) is 9.64. The van der Waals surface area contributed by atoms with Crippen molar-refractivity contribution >= 4 is 29.2 Å². The second kappa shape index (κ2) is 12.2. The van der Waals surface area contributed by atoms with Gasteiger partial charge in [0, 0.05) is 25.5 Å². The van der Waals surface area contributed by atoms with E-state index in [2.05, 4.69) is 16.0 Å². The van der Waals surface area contributed by atoms with Gasteiger partial charge >= 0.3 is 11.9 Å². The number of rotatable bonds is 7. The maximum absolute atomic E-state index is 12.4. The van der Waals surface area contributed by atoms with Gasteiger partial charge in [0.25, 0.3) is 11.1 Å². The van der Waals surface area contributed by atoms with E-state index in [0.717, 1.165) is 0 Å². The highest BCUT2D eigenvalue weighted by atomic mass is 16.6. The van der Waals surface area contributed by atoms with E-state index in [0.29, 0.717) is 22.8 Å². The molecule has 4 N–H and O–H groups in total. The maximum Gasteiger partial charge on any atom is 0.326 e. The van der Waals surface area contributed by atoms with Crippen LogP contribution >= 0.6 is 0 Å². The first-order valence-corrected chi connectivity index (χ1v) is 11.9. The Balaban J connectivity index is 0.000000281. The Morgan fingerprint density at radius 2 is 1.38 bits per heavy atom. The zero-order valence-electron chi connectivity index (χ0n) is 22.1. The molecule has 0 aliphatic carbocycles. The fourth-order valence-corrected chi connectivity index (χ4v) is 4.02. The van der Waals surface area contributed by atoms with Crippen LogP contribution in [0.4, 0.5) is 11.4 Å². The number of pyridine rings is 2. The summed E-state index contributed by atoms with van der Waals surface area (Å²) in [5, 5.41) is 17.2. The Morgan fingerprint density at radius 1 is 0.919 bits per heavy atom. The van der Waals surface area contributed by atoms with Crippen LogP contribution in [0.3, 0.4) is 0 Å². The van der Waals surface area contributed by atoms with E-state index in [-0.39, 0.29) is 41.6 Å². The number of carboxylic acid groups (broad SMARTS) is 1. The zero-order valence-corrected chi connectivity index (χ0v) is 22.1. The lowest BCUT2D eigenvalue weighted by Gasteiger charge is -2.21. The lowest BCUT2D eigenvalue weighted by molar-refractivity contribution is -0.141. The van der Waals surface area contributed by atoms with Crippen LogP contribution in [0.15, 0.2) is 33.9 Å². The highest BCUT2D eigenvalue weighted by molar-refractivity contribution is 5.82. The number of aryl methyl sites for hydroxylation is 2. The molecule has 1 aliphatic heterocycles. The van der Waals surface area contributed by atoms with E-state index in [1.807, 2.05) is 0 Å². The molecule has 0 bridgehead atoms. The van der Waals surface area contributed by atoms with Crippen LogP contribution in [-0.4, -0.2) is 58.3 Å². The first-order chi connectivity index (χ1) is 17.3. The molecule has 2 aromatic rings. The lowest BCUT2D eigenvalue weighted by Crippen LogP contribution is -2.44. The monoisotopic (exact) mass is 517 g/mol. The molecular weight excluding hydrogens is 482 g/mol. The van der Waals surface area contributed by atoms with Crippen LogP contribution in [0.5, 0.6) is 0 Å². The van der Waals surface area contributed by atoms with Gasteiger partial charge in [0.1, 0.15) is 29.6 Å². The van der Waals surface area contributed by atoms with Crippen LogP contribution in [-0.2, 0) is 19.1 Å². The highest BCUT2D eigenvalue weighted by Gasteiger charge is 2.34. The number of anilines is 2. The summed E-state index contributed by atoms with van der Waals surface area (Å²) in [5.41, 5.74) is 1.59. The van der Waals surface area contributed by atoms with Crippen molar-refractivity contribution in [3.05, 3.63) is 56.4 Å². The van der Waals surface area contributed by atoms with Gasteiger partial charge in [-0.1, -0.05) is 0 Å². The minimum Gasteiger partial charge on any atom is -0.480 e. The van der Waals surface area contributed by atoms with Crippen LogP contribution in [0.2, 0.25) is 0 Å². The minimum absolute atomic E-state index is 0.157. The predicted octanol–water partition coefficient (Wildman–Crippen LogP) is 1.42. The van der Waals surface area contributed by atoms with Gasteiger partial charge in [-0.05, 0) is 58.9 Å². The van der Waals surface area contributed by atoms with Crippen LogP contribution < -0.4 is 27.1 Å². The summed E-state index contributed by atoms with van der Waals surface area (Å²) < 4.78 is 7.70. The summed E-state index contributed by atoms with van der Waals surface area (Å²) in [6.07, 6.45) is -0.200. The number of nitrogens with one attached hydrogen (secondary N) is 3. The first-order valence-electron chi connectivity index (χ1n) is 11.9. The molecule has 1 aliphatic rings. The smallest absolute Gasteiger partial charge is 0.326 e. The number of nitrogens with zero attached hydrogens (tertiary/aromatic N) is 2. The van der Waals surface area contributed by atoms with Gasteiger partial charge in [0.2, 0.25) is 5.91 Å². The largest absolute Gasteiger partial charge is 0.480 e. The van der Waals surface area contributed by atoms with Crippen LogP contribution in [0.25, 0.3) is 0 Å². The Morgan fingerprint density at radius 3 is 1.76 bits per heavy atom. The molecule has 12 nitrogen and oxygen atoms in total. The molecular formula is C25H35N5O7. The van der Waals surface area contributed by atoms with Crippen LogP contribution in [0, 0.1) is 13.8 Å². The molecule has 2 aromatic heterocycles. The van der Waals surface area contributed by atoms with E-state index in [1.54, 1.807) is 66.1 Å². The number of hydrogen-bond acceptors (Lipinski definition) is 8. The van der Waals surface area contributed by atoms with Crippen molar-refractivity contribution in [2.45, 2.75) is 65.3 Å². The van der Waals surface area contributed by atoms with Crippen molar-refractivity contribution in [1.82, 2.24) is 14.5 Å². The summed E-state index contributed by atoms with van der Waals surface area (Å²) in [6, 6.07) is 4.93. The number of carbonyl (C=O) groups excluding carboxylic acids is 2. The van der Waals surface area contributed by atoms with E-state index >= 15 is 0 Å². The quantitative estimate of drug-likeness (QED) is 0.398. The normalized spacial score (nSPS) is 18.1. The number of hydrogen-bond donors (Lipinski definition) is 4. The predicted molar refractivity (Wildman–Crippen MR) is 139 cm³/mol. The first kappa shape index (κ1) is 29.1.